The van der Waals surface area contributed by atoms with Crippen LogP contribution in [0.3, 0.4) is 0 Å². The highest BCUT2D eigenvalue weighted by Crippen LogP contribution is 2.29. The first kappa shape index (κ1) is 16.8. The fraction of sp³-hybridized carbons (Fsp3) is 0.875. The number of nitrogens with zero attached hydrogens (tertiary/aromatic N) is 2. The fourth-order valence-electron chi connectivity index (χ4n) is 3.60. The van der Waals surface area contributed by atoms with E-state index in [0.29, 0.717) is 29.9 Å². The van der Waals surface area contributed by atoms with Crippen LogP contribution in [0, 0.1) is 5.92 Å². The Balaban J connectivity index is 1.74. The van der Waals surface area contributed by atoms with E-state index in [1.165, 1.54) is 0 Å². The monoisotopic (exact) mass is 312 g/mol. The van der Waals surface area contributed by atoms with E-state index in [0.717, 1.165) is 51.9 Å². The van der Waals surface area contributed by atoms with Gasteiger partial charge in [0, 0.05) is 44.6 Å². The van der Waals surface area contributed by atoms with Gasteiger partial charge in [-0.3, -0.25) is 14.5 Å². The Labute approximate surface area is 132 Å². The molecule has 1 saturated carbocycles. The lowest BCUT2D eigenvalue weighted by molar-refractivity contribution is -0.131. The summed E-state index contributed by atoms with van der Waals surface area (Å²) < 4.78 is 0. The number of hydrogen-bond donors (Lipinski definition) is 0. The van der Waals surface area contributed by atoms with Crippen LogP contribution in [0.5, 0.6) is 0 Å². The van der Waals surface area contributed by atoms with Gasteiger partial charge in [-0.15, -0.1) is 0 Å². The number of ketones is 1. The molecule has 0 radical (unpaired) electrons. The third kappa shape index (κ3) is 4.46. The van der Waals surface area contributed by atoms with Gasteiger partial charge in [0.25, 0.3) is 0 Å². The Hall–Kier alpha value is -0.550. The number of hydrogen-bond acceptors (Lipinski definition) is 4. The first-order valence-corrected chi connectivity index (χ1v) is 9.58. The first-order valence-electron chi connectivity index (χ1n) is 8.19. The van der Waals surface area contributed by atoms with Crippen molar-refractivity contribution < 1.29 is 9.59 Å². The number of thioether (sulfide) groups is 1. The summed E-state index contributed by atoms with van der Waals surface area (Å²) in [5, 5.41) is 0. The summed E-state index contributed by atoms with van der Waals surface area (Å²) in [6.45, 7) is 5.70. The highest BCUT2D eigenvalue weighted by molar-refractivity contribution is 7.99. The molecule has 0 unspecified atom stereocenters. The third-order valence-corrected chi connectivity index (χ3v) is 5.49. The van der Waals surface area contributed by atoms with Crippen molar-refractivity contribution in [3.05, 3.63) is 0 Å². The standard InChI is InChI=1S/C16H28N2O2S/c1-3-15(19)13-4-6-14(7-5-13)17-8-10-18(11-9-17)16(20)12-21-2/h13-14H,3-12H2,1-2H3. The number of carbonyl (C=O) groups excluding carboxylic acids is 2. The van der Waals surface area contributed by atoms with E-state index < -0.39 is 0 Å². The molecular formula is C16H28N2O2S. The molecule has 1 amide bonds. The largest absolute Gasteiger partial charge is 0.339 e. The molecule has 1 saturated heterocycles. The normalized spacial score (nSPS) is 27.6. The molecule has 1 heterocycles. The van der Waals surface area contributed by atoms with E-state index in [9.17, 15) is 9.59 Å². The lowest BCUT2D eigenvalue weighted by Gasteiger charge is -2.41. The average Bonchev–Trinajstić information content (AvgIpc) is 2.54. The maximum atomic E-state index is 11.9. The topological polar surface area (TPSA) is 40.6 Å². The molecule has 5 heteroatoms. The van der Waals surface area contributed by atoms with Crippen LogP contribution in [-0.2, 0) is 9.59 Å². The second kappa shape index (κ2) is 8.18. The molecule has 0 bridgehead atoms. The predicted molar refractivity (Wildman–Crippen MR) is 87.6 cm³/mol. The van der Waals surface area contributed by atoms with Crippen LogP contribution in [0.1, 0.15) is 39.0 Å². The van der Waals surface area contributed by atoms with E-state index >= 15 is 0 Å². The Morgan fingerprint density at radius 1 is 1.05 bits per heavy atom. The molecule has 2 aliphatic rings. The van der Waals surface area contributed by atoms with Gasteiger partial charge in [-0.1, -0.05) is 6.92 Å². The molecule has 2 fully saturated rings. The molecule has 21 heavy (non-hydrogen) atoms. The van der Waals surface area contributed by atoms with Crippen molar-refractivity contribution in [2.45, 2.75) is 45.1 Å². The SMILES string of the molecule is CCC(=O)C1CCC(N2CCN(C(=O)CSC)CC2)CC1. The summed E-state index contributed by atoms with van der Waals surface area (Å²) >= 11 is 1.60. The second-order valence-corrected chi connectivity index (χ2v) is 7.04. The Kier molecular flexibility index (Phi) is 6.55. The van der Waals surface area contributed by atoms with Gasteiger partial charge in [0.1, 0.15) is 5.78 Å². The number of carbonyl (C=O) groups is 2. The van der Waals surface area contributed by atoms with E-state index in [4.69, 9.17) is 0 Å². The van der Waals surface area contributed by atoms with Gasteiger partial charge in [0.2, 0.25) is 5.91 Å². The maximum absolute atomic E-state index is 11.9. The van der Waals surface area contributed by atoms with Gasteiger partial charge < -0.3 is 4.90 Å². The van der Waals surface area contributed by atoms with E-state index in [2.05, 4.69) is 4.90 Å². The lowest BCUT2D eigenvalue weighted by Crippen LogP contribution is -2.53. The van der Waals surface area contributed by atoms with Gasteiger partial charge in [0.15, 0.2) is 0 Å². The zero-order chi connectivity index (χ0) is 15.2. The number of Topliss-reactive ketones (excluding diaryl/α,β-unsaturated/α-hetero) is 1. The molecule has 0 atom stereocenters. The Morgan fingerprint density at radius 3 is 2.19 bits per heavy atom. The van der Waals surface area contributed by atoms with Gasteiger partial charge >= 0.3 is 0 Å². The summed E-state index contributed by atoms with van der Waals surface area (Å²) in [4.78, 5) is 28.2. The molecule has 1 aliphatic carbocycles. The van der Waals surface area contributed by atoms with Crippen molar-refractivity contribution in [3.63, 3.8) is 0 Å². The molecule has 0 aromatic heterocycles. The molecule has 2 rings (SSSR count). The third-order valence-electron chi connectivity index (χ3n) is 4.95. The minimum Gasteiger partial charge on any atom is -0.339 e. The highest BCUT2D eigenvalue weighted by Gasteiger charge is 2.31. The van der Waals surface area contributed by atoms with E-state index in [1.54, 1.807) is 11.8 Å². The first-order chi connectivity index (χ1) is 10.2. The fourth-order valence-corrected chi connectivity index (χ4v) is 4.03. The zero-order valence-corrected chi connectivity index (χ0v) is 14.2. The molecule has 0 aromatic carbocycles. The molecule has 0 aromatic rings. The van der Waals surface area contributed by atoms with Crippen molar-refractivity contribution in [2.24, 2.45) is 5.92 Å². The number of amides is 1. The van der Waals surface area contributed by atoms with Crippen molar-refractivity contribution in [1.29, 1.82) is 0 Å². The highest BCUT2D eigenvalue weighted by atomic mass is 32.2. The molecular weight excluding hydrogens is 284 g/mol. The van der Waals surface area contributed by atoms with Gasteiger partial charge in [0.05, 0.1) is 5.75 Å². The smallest absolute Gasteiger partial charge is 0.232 e. The van der Waals surface area contributed by atoms with Gasteiger partial charge in [-0.25, -0.2) is 0 Å². The van der Waals surface area contributed by atoms with Crippen LogP contribution in [0.25, 0.3) is 0 Å². The van der Waals surface area contributed by atoms with Crippen molar-refractivity contribution in [2.75, 3.05) is 38.2 Å². The second-order valence-electron chi connectivity index (χ2n) is 6.18. The van der Waals surface area contributed by atoms with Gasteiger partial charge in [-0.2, -0.15) is 11.8 Å². The van der Waals surface area contributed by atoms with E-state index in [1.807, 2.05) is 18.1 Å². The molecule has 1 aliphatic heterocycles. The van der Waals surface area contributed by atoms with Crippen LogP contribution in [0.4, 0.5) is 0 Å². The summed E-state index contributed by atoms with van der Waals surface area (Å²) in [6, 6.07) is 0.628. The minimum absolute atomic E-state index is 0.277. The lowest BCUT2D eigenvalue weighted by atomic mass is 9.82. The van der Waals surface area contributed by atoms with Gasteiger partial charge in [-0.05, 0) is 31.9 Å². The Morgan fingerprint density at radius 2 is 1.67 bits per heavy atom. The number of rotatable bonds is 5. The minimum atomic E-state index is 0.277. The summed E-state index contributed by atoms with van der Waals surface area (Å²) in [7, 11) is 0. The molecule has 120 valence electrons. The maximum Gasteiger partial charge on any atom is 0.232 e. The van der Waals surface area contributed by atoms with Crippen LogP contribution in [-0.4, -0.2) is 65.7 Å². The van der Waals surface area contributed by atoms with Crippen LogP contribution < -0.4 is 0 Å². The van der Waals surface area contributed by atoms with Crippen LogP contribution in [0.15, 0.2) is 0 Å². The van der Waals surface area contributed by atoms with E-state index in [-0.39, 0.29) is 5.91 Å². The number of piperazine rings is 1. The van der Waals surface area contributed by atoms with Crippen molar-refractivity contribution in [3.8, 4) is 0 Å². The average molecular weight is 312 g/mol. The molecule has 0 N–H and O–H groups in total. The van der Waals surface area contributed by atoms with Crippen LogP contribution >= 0.6 is 11.8 Å². The molecule has 0 spiro atoms. The Bertz CT molecular complexity index is 359. The van der Waals surface area contributed by atoms with Crippen molar-refractivity contribution in [1.82, 2.24) is 9.80 Å². The predicted octanol–water partition coefficient (Wildman–Crippen LogP) is 2.03. The van der Waals surface area contributed by atoms with Crippen molar-refractivity contribution >= 4 is 23.5 Å². The zero-order valence-electron chi connectivity index (χ0n) is 13.3. The molecule has 4 nitrogen and oxygen atoms in total. The summed E-state index contributed by atoms with van der Waals surface area (Å²) in [5.41, 5.74) is 0. The summed E-state index contributed by atoms with van der Waals surface area (Å²) in [5.74, 6) is 1.64. The van der Waals surface area contributed by atoms with Crippen LogP contribution in [0.2, 0.25) is 0 Å². The quantitative estimate of drug-likeness (QED) is 0.779. The summed E-state index contributed by atoms with van der Waals surface area (Å²) in [6.07, 6.45) is 7.08.